The maximum Gasteiger partial charge on any atom is -0.0187 e. The largest absolute Gasteiger partial charge is 0.0870 e. The van der Waals surface area contributed by atoms with Gasteiger partial charge in [0.2, 0.25) is 0 Å². The van der Waals surface area contributed by atoms with Crippen LogP contribution in [0.1, 0.15) is 25.0 Å². The fourth-order valence-electron chi connectivity index (χ4n) is 1.17. The monoisotopic (exact) mass is 158 g/mol. The summed E-state index contributed by atoms with van der Waals surface area (Å²) in [4.78, 5) is 0. The summed E-state index contributed by atoms with van der Waals surface area (Å²) in [6, 6.07) is 8.36. The Hall–Kier alpha value is -1.30. The van der Waals surface area contributed by atoms with E-state index in [2.05, 4.69) is 48.6 Å². The van der Waals surface area contributed by atoms with Gasteiger partial charge in [0.25, 0.3) is 0 Å². The fourth-order valence-corrected chi connectivity index (χ4v) is 1.17. The van der Waals surface area contributed by atoms with E-state index in [4.69, 9.17) is 0 Å². The lowest BCUT2D eigenvalue weighted by Crippen LogP contribution is -1.77. The molecule has 0 nitrogen and oxygen atoms in total. The van der Waals surface area contributed by atoms with Gasteiger partial charge in [0, 0.05) is 0 Å². The molecule has 0 heteroatoms. The summed E-state index contributed by atoms with van der Waals surface area (Å²) >= 11 is 0. The van der Waals surface area contributed by atoms with Gasteiger partial charge >= 0.3 is 0 Å². The van der Waals surface area contributed by atoms with Crippen LogP contribution in [-0.4, -0.2) is 0 Å². The van der Waals surface area contributed by atoms with Gasteiger partial charge in [0.1, 0.15) is 0 Å². The number of benzene rings is 1. The third-order valence-electron chi connectivity index (χ3n) is 1.69. The molecule has 0 aliphatic carbocycles. The van der Waals surface area contributed by atoms with Gasteiger partial charge in [-0.3, -0.25) is 0 Å². The van der Waals surface area contributed by atoms with Crippen LogP contribution in [-0.2, 0) is 0 Å². The van der Waals surface area contributed by atoms with Crippen LogP contribution < -0.4 is 0 Å². The first-order valence-corrected chi connectivity index (χ1v) is 4.23. The van der Waals surface area contributed by atoms with Crippen molar-refractivity contribution in [3.8, 4) is 0 Å². The standard InChI is InChI=1S/C12H14/c1-3-7-11-9-5-6-10-12(11)8-4-2/h3-10H,1-2H3. The highest BCUT2D eigenvalue weighted by Crippen LogP contribution is 2.12. The second-order valence-electron chi connectivity index (χ2n) is 2.63. The molecule has 0 spiro atoms. The molecule has 0 bridgehead atoms. The number of hydrogen-bond donors (Lipinski definition) is 0. The van der Waals surface area contributed by atoms with E-state index >= 15 is 0 Å². The van der Waals surface area contributed by atoms with Crippen molar-refractivity contribution in [2.75, 3.05) is 0 Å². The maximum atomic E-state index is 2.12. The Morgan fingerprint density at radius 3 is 1.58 bits per heavy atom. The summed E-state index contributed by atoms with van der Waals surface area (Å²) < 4.78 is 0. The second-order valence-corrected chi connectivity index (χ2v) is 2.63. The van der Waals surface area contributed by atoms with Gasteiger partial charge in [-0.15, -0.1) is 0 Å². The van der Waals surface area contributed by atoms with Gasteiger partial charge < -0.3 is 0 Å². The quantitative estimate of drug-likeness (QED) is 0.615. The highest BCUT2D eigenvalue weighted by atomic mass is 14.0. The molecular weight excluding hydrogens is 144 g/mol. The smallest absolute Gasteiger partial charge is 0.0187 e. The normalized spacial score (nSPS) is 11.5. The van der Waals surface area contributed by atoms with Crippen molar-refractivity contribution >= 4 is 12.2 Å². The Kier molecular flexibility index (Phi) is 3.34. The molecule has 0 amide bonds. The van der Waals surface area contributed by atoms with Crippen molar-refractivity contribution in [3.05, 3.63) is 47.5 Å². The third kappa shape index (κ3) is 2.09. The van der Waals surface area contributed by atoms with Crippen LogP contribution in [0.15, 0.2) is 36.4 Å². The number of rotatable bonds is 2. The molecular formula is C12H14. The van der Waals surface area contributed by atoms with Crippen LogP contribution in [0.2, 0.25) is 0 Å². The predicted molar refractivity (Wildman–Crippen MR) is 55.9 cm³/mol. The Balaban J connectivity index is 3.08. The highest BCUT2D eigenvalue weighted by Gasteiger charge is 1.91. The van der Waals surface area contributed by atoms with E-state index in [1.165, 1.54) is 11.1 Å². The first kappa shape index (κ1) is 8.79. The topological polar surface area (TPSA) is 0 Å². The van der Waals surface area contributed by atoms with Gasteiger partial charge in [-0.1, -0.05) is 48.6 Å². The SMILES string of the molecule is CC=Cc1ccccc1C=CC. The molecule has 1 aromatic carbocycles. The van der Waals surface area contributed by atoms with Gasteiger partial charge in [-0.25, -0.2) is 0 Å². The summed E-state index contributed by atoms with van der Waals surface area (Å²) in [5.41, 5.74) is 2.55. The summed E-state index contributed by atoms with van der Waals surface area (Å²) in [6.07, 6.45) is 8.36. The molecule has 0 fully saturated rings. The molecule has 1 rings (SSSR count). The Morgan fingerprint density at radius 1 is 0.833 bits per heavy atom. The van der Waals surface area contributed by atoms with Crippen molar-refractivity contribution in [2.24, 2.45) is 0 Å². The van der Waals surface area contributed by atoms with E-state index in [9.17, 15) is 0 Å². The lowest BCUT2D eigenvalue weighted by Gasteiger charge is -1.98. The lowest BCUT2D eigenvalue weighted by atomic mass is 10.1. The lowest BCUT2D eigenvalue weighted by molar-refractivity contribution is 1.59. The van der Waals surface area contributed by atoms with Crippen LogP contribution in [0, 0.1) is 0 Å². The molecule has 0 N–H and O–H groups in total. The molecule has 0 atom stereocenters. The molecule has 0 aliphatic heterocycles. The third-order valence-corrected chi connectivity index (χ3v) is 1.69. The zero-order valence-electron chi connectivity index (χ0n) is 7.62. The minimum atomic E-state index is 1.28. The molecule has 0 aromatic heterocycles. The molecule has 1 aromatic rings. The van der Waals surface area contributed by atoms with Crippen molar-refractivity contribution in [1.82, 2.24) is 0 Å². The average molecular weight is 158 g/mol. The van der Waals surface area contributed by atoms with Crippen molar-refractivity contribution in [1.29, 1.82) is 0 Å². The number of allylic oxidation sites excluding steroid dienone is 2. The summed E-state index contributed by atoms with van der Waals surface area (Å²) in [5, 5.41) is 0. The first-order chi connectivity index (χ1) is 5.88. The molecule has 0 saturated carbocycles. The van der Waals surface area contributed by atoms with Crippen LogP contribution in [0.3, 0.4) is 0 Å². The summed E-state index contributed by atoms with van der Waals surface area (Å²) in [7, 11) is 0. The molecule has 0 radical (unpaired) electrons. The second kappa shape index (κ2) is 4.55. The maximum absolute atomic E-state index is 2.12. The van der Waals surface area contributed by atoms with Crippen molar-refractivity contribution in [3.63, 3.8) is 0 Å². The van der Waals surface area contributed by atoms with E-state index in [1.807, 2.05) is 13.8 Å². The molecule has 0 heterocycles. The van der Waals surface area contributed by atoms with Crippen LogP contribution in [0.5, 0.6) is 0 Å². The van der Waals surface area contributed by atoms with E-state index in [1.54, 1.807) is 0 Å². The minimum absolute atomic E-state index is 1.28. The van der Waals surface area contributed by atoms with Crippen LogP contribution in [0.4, 0.5) is 0 Å². The molecule has 12 heavy (non-hydrogen) atoms. The number of hydrogen-bond acceptors (Lipinski definition) is 0. The molecule has 62 valence electrons. The average Bonchev–Trinajstić information content (AvgIpc) is 2.09. The van der Waals surface area contributed by atoms with E-state index < -0.39 is 0 Å². The van der Waals surface area contributed by atoms with Gasteiger partial charge in [0.15, 0.2) is 0 Å². The zero-order chi connectivity index (χ0) is 8.81. The molecule has 0 unspecified atom stereocenters. The Labute approximate surface area is 74.2 Å². The molecule has 0 saturated heterocycles. The Morgan fingerprint density at radius 2 is 1.25 bits per heavy atom. The van der Waals surface area contributed by atoms with Gasteiger partial charge in [-0.05, 0) is 25.0 Å². The first-order valence-electron chi connectivity index (χ1n) is 4.23. The van der Waals surface area contributed by atoms with E-state index in [-0.39, 0.29) is 0 Å². The minimum Gasteiger partial charge on any atom is -0.0870 e. The van der Waals surface area contributed by atoms with Gasteiger partial charge in [-0.2, -0.15) is 0 Å². The highest BCUT2D eigenvalue weighted by molar-refractivity contribution is 5.64. The summed E-state index contributed by atoms with van der Waals surface area (Å²) in [5.74, 6) is 0. The van der Waals surface area contributed by atoms with Crippen LogP contribution in [0.25, 0.3) is 12.2 Å². The van der Waals surface area contributed by atoms with Crippen molar-refractivity contribution in [2.45, 2.75) is 13.8 Å². The molecule has 0 aliphatic rings. The van der Waals surface area contributed by atoms with E-state index in [0.29, 0.717) is 0 Å². The summed E-state index contributed by atoms with van der Waals surface area (Å²) in [6.45, 7) is 4.07. The fraction of sp³-hybridized carbons (Fsp3) is 0.167. The van der Waals surface area contributed by atoms with Gasteiger partial charge in [0.05, 0.1) is 0 Å². The predicted octanol–water partition coefficient (Wildman–Crippen LogP) is 3.75. The van der Waals surface area contributed by atoms with Crippen molar-refractivity contribution < 1.29 is 0 Å². The Bertz CT molecular complexity index is 262. The van der Waals surface area contributed by atoms with Crippen LogP contribution >= 0.6 is 0 Å². The van der Waals surface area contributed by atoms with E-state index in [0.717, 1.165) is 0 Å². The zero-order valence-corrected chi connectivity index (χ0v) is 7.62.